The van der Waals surface area contributed by atoms with Gasteiger partial charge in [-0.3, -0.25) is 4.98 Å². The lowest BCUT2D eigenvalue weighted by atomic mass is 9.82. The normalized spacial score (nSPS) is 13.1. The Bertz CT molecular complexity index is 1060. The molecule has 30 heavy (non-hydrogen) atoms. The summed E-state index contributed by atoms with van der Waals surface area (Å²) in [5.41, 5.74) is 5.86. The Kier molecular flexibility index (Phi) is 6.86. The van der Waals surface area contributed by atoms with Crippen LogP contribution in [0.1, 0.15) is 51.9 Å². The number of nitroso groups, excluding NO2 is 1. The minimum atomic E-state index is -0.982. The number of carbonyl (C=O) groups is 1. The summed E-state index contributed by atoms with van der Waals surface area (Å²) in [4.78, 5) is 26.7. The molecule has 5 nitrogen and oxygen atoms in total. The Labute approximate surface area is 176 Å². The quantitative estimate of drug-likeness (QED) is 0.381. The van der Waals surface area contributed by atoms with E-state index in [0.29, 0.717) is 6.42 Å². The standard InChI is InChI=1S/C25H24N2O3/c1-17-5-3-4-6-22(17)23(16-24(27-30)21-13-14-26-18(2)15-21)20-10-7-19(8-11-20)9-12-25(28)29/h3-15,23-24H,16H2,1-2H3,(H,28,29)/b12-9+. The molecule has 5 heteroatoms. The van der Waals surface area contributed by atoms with Crippen LogP contribution in [0.5, 0.6) is 0 Å². The molecule has 1 N–H and O–H groups in total. The van der Waals surface area contributed by atoms with Gasteiger partial charge in [-0.15, -0.1) is 0 Å². The second-order valence-electron chi connectivity index (χ2n) is 7.33. The van der Waals surface area contributed by atoms with Crippen molar-refractivity contribution in [3.05, 3.63) is 111 Å². The maximum Gasteiger partial charge on any atom is 0.328 e. The van der Waals surface area contributed by atoms with Crippen molar-refractivity contribution in [3.8, 4) is 0 Å². The third-order valence-corrected chi connectivity index (χ3v) is 5.21. The number of hydrogen-bond donors (Lipinski definition) is 1. The molecule has 152 valence electrons. The first-order valence-electron chi connectivity index (χ1n) is 9.79. The molecule has 0 aliphatic heterocycles. The van der Waals surface area contributed by atoms with Crippen molar-refractivity contribution in [1.29, 1.82) is 0 Å². The van der Waals surface area contributed by atoms with Crippen LogP contribution < -0.4 is 0 Å². The van der Waals surface area contributed by atoms with Crippen LogP contribution in [-0.4, -0.2) is 16.1 Å². The lowest BCUT2D eigenvalue weighted by Crippen LogP contribution is -2.09. The lowest BCUT2D eigenvalue weighted by Gasteiger charge is -2.23. The highest BCUT2D eigenvalue weighted by Crippen LogP contribution is 2.37. The predicted molar refractivity (Wildman–Crippen MR) is 118 cm³/mol. The zero-order valence-corrected chi connectivity index (χ0v) is 17.0. The number of benzene rings is 2. The molecule has 0 saturated heterocycles. The van der Waals surface area contributed by atoms with E-state index in [-0.39, 0.29) is 5.92 Å². The molecule has 0 fully saturated rings. The molecule has 0 spiro atoms. The highest BCUT2D eigenvalue weighted by molar-refractivity contribution is 5.85. The van der Waals surface area contributed by atoms with E-state index in [0.717, 1.165) is 39.6 Å². The van der Waals surface area contributed by atoms with E-state index >= 15 is 0 Å². The first-order chi connectivity index (χ1) is 14.5. The van der Waals surface area contributed by atoms with Gasteiger partial charge >= 0.3 is 5.97 Å². The highest BCUT2D eigenvalue weighted by Gasteiger charge is 2.23. The van der Waals surface area contributed by atoms with Crippen LogP contribution in [0.2, 0.25) is 0 Å². The highest BCUT2D eigenvalue weighted by atomic mass is 16.4. The molecule has 3 aromatic rings. The zero-order valence-electron chi connectivity index (χ0n) is 17.0. The summed E-state index contributed by atoms with van der Waals surface area (Å²) in [5.74, 6) is -1.01. The van der Waals surface area contributed by atoms with Gasteiger partial charge in [0.15, 0.2) is 0 Å². The third kappa shape index (κ3) is 5.26. The van der Waals surface area contributed by atoms with Gasteiger partial charge < -0.3 is 5.11 Å². The Morgan fingerprint density at radius 2 is 1.80 bits per heavy atom. The summed E-state index contributed by atoms with van der Waals surface area (Å²) < 4.78 is 0. The minimum Gasteiger partial charge on any atom is -0.478 e. The van der Waals surface area contributed by atoms with Gasteiger partial charge in [-0.2, -0.15) is 4.91 Å². The van der Waals surface area contributed by atoms with E-state index < -0.39 is 12.0 Å². The number of hydrogen-bond acceptors (Lipinski definition) is 4. The molecule has 0 saturated carbocycles. The second kappa shape index (κ2) is 9.74. The molecule has 0 bridgehead atoms. The fourth-order valence-electron chi connectivity index (χ4n) is 3.67. The van der Waals surface area contributed by atoms with Crippen molar-refractivity contribution in [2.24, 2.45) is 5.18 Å². The summed E-state index contributed by atoms with van der Waals surface area (Å²) in [7, 11) is 0. The van der Waals surface area contributed by atoms with Crippen LogP contribution in [0.3, 0.4) is 0 Å². The van der Waals surface area contributed by atoms with Gasteiger partial charge in [0.1, 0.15) is 6.04 Å². The number of carboxylic acids is 1. The molecule has 2 unspecified atom stereocenters. The average molecular weight is 400 g/mol. The third-order valence-electron chi connectivity index (χ3n) is 5.21. The van der Waals surface area contributed by atoms with E-state index in [4.69, 9.17) is 5.11 Å². The van der Waals surface area contributed by atoms with Crippen LogP contribution in [0.4, 0.5) is 0 Å². The van der Waals surface area contributed by atoms with E-state index in [1.807, 2.05) is 55.5 Å². The van der Waals surface area contributed by atoms with Gasteiger partial charge in [0.05, 0.1) is 0 Å². The van der Waals surface area contributed by atoms with E-state index in [1.54, 1.807) is 12.3 Å². The molecule has 0 aliphatic carbocycles. The number of aryl methyl sites for hydroxylation is 2. The minimum absolute atomic E-state index is 0.0279. The maximum atomic E-state index is 11.8. The van der Waals surface area contributed by atoms with Crippen LogP contribution in [0.25, 0.3) is 6.08 Å². The Hall–Kier alpha value is -3.60. The molecule has 1 heterocycles. The predicted octanol–water partition coefficient (Wildman–Crippen LogP) is 5.83. The van der Waals surface area contributed by atoms with Gasteiger partial charge in [-0.05, 0) is 66.3 Å². The molecule has 2 atom stereocenters. The fourth-order valence-corrected chi connectivity index (χ4v) is 3.67. The number of aliphatic carboxylic acids is 1. The molecule has 0 amide bonds. The topological polar surface area (TPSA) is 79.6 Å². The molecule has 0 aliphatic rings. The SMILES string of the molecule is Cc1cc(C(CC(c2ccc(/C=C/C(=O)O)cc2)c2ccccc2C)N=O)ccn1. The largest absolute Gasteiger partial charge is 0.478 e. The molecule has 3 rings (SSSR count). The van der Waals surface area contributed by atoms with E-state index in [9.17, 15) is 9.70 Å². The first kappa shape index (κ1) is 21.1. The van der Waals surface area contributed by atoms with Crippen LogP contribution in [-0.2, 0) is 4.79 Å². The van der Waals surface area contributed by atoms with E-state index in [1.165, 1.54) is 0 Å². The Morgan fingerprint density at radius 1 is 1.07 bits per heavy atom. The Balaban J connectivity index is 1.98. The average Bonchev–Trinajstić information content (AvgIpc) is 2.74. The summed E-state index contributed by atoms with van der Waals surface area (Å²) >= 11 is 0. The molecular weight excluding hydrogens is 376 g/mol. The first-order valence-corrected chi connectivity index (χ1v) is 9.79. The zero-order chi connectivity index (χ0) is 21.5. The van der Waals surface area contributed by atoms with E-state index in [2.05, 4.69) is 29.2 Å². The second-order valence-corrected chi connectivity index (χ2v) is 7.33. The number of carboxylic acid groups (broad SMARTS) is 1. The summed E-state index contributed by atoms with van der Waals surface area (Å²) in [6.45, 7) is 3.96. The van der Waals surface area contributed by atoms with Gasteiger partial charge in [0.2, 0.25) is 0 Å². The molecule has 1 aromatic heterocycles. The summed E-state index contributed by atoms with van der Waals surface area (Å²) in [6.07, 6.45) is 4.91. The van der Waals surface area contributed by atoms with Gasteiger partial charge in [-0.25, -0.2) is 4.79 Å². The number of pyridine rings is 1. The fraction of sp³-hybridized carbons (Fsp3) is 0.200. The van der Waals surface area contributed by atoms with Crippen molar-refractivity contribution >= 4 is 12.0 Å². The van der Waals surface area contributed by atoms with Crippen molar-refractivity contribution in [2.75, 3.05) is 0 Å². The van der Waals surface area contributed by atoms with Crippen molar-refractivity contribution in [1.82, 2.24) is 4.98 Å². The van der Waals surface area contributed by atoms with Gasteiger partial charge in [0, 0.05) is 23.9 Å². The van der Waals surface area contributed by atoms with Crippen LogP contribution >= 0.6 is 0 Å². The Morgan fingerprint density at radius 3 is 2.43 bits per heavy atom. The smallest absolute Gasteiger partial charge is 0.328 e. The lowest BCUT2D eigenvalue weighted by molar-refractivity contribution is -0.131. The van der Waals surface area contributed by atoms with Crippen LogP contribution in [0.15, 0.2) is 78.1 Å². The summed E-state index contributed by atoms with van der Waals surface area (Å²) in [5, 5.41) is 12.3. The monoisotopic (exact) mass is 400 g/mol. The maximum absolute atomic E-state index is 11.8. The van der Waals surface area contributed by atoms with Crippen LogP contribution in [0, 0.1) is 18.8 Å². The van der Waals surface area contributed by atoms with Crippen molar-refractivity contribution in [2.45, 2.75) is 32.2 Å². The molecular formula is C25H24N2O3. The molecule has 2 aromatic carbocycles. The van der Waals surface area contributed by atoms with Gasteiger partial charge in [-0.1, -0.05) is 53.7 Å². The van der Waals surface area contributed by atoms with Gasteiger partial charge in [0.25, 0.3) is 0 Å². The number of aromatic nitrogens is 1. The van der Waals surface area contributed by atoms with Crippen molar-refractivity contribution in [3.63, 3.8) is 0 Å². The number of rotatable bonds is 8. The summed E-state index contributed by atoms with van der Waals surface area (Å²) in [6, 6.07) is 19.1. The number of nitrogens with zero attached hydrogens (tertiary/aromatic N) is 2. The van der Waals surface area contributed by atoms with Crippen molar-refractivity contribution < 1.29 is 9.90 Å². The molecule has 0 radical (unpaired) electrons.